The maximum Gasteiger partial charge on any atom is 0.228 e. The first-order chi connectivity index (χ1) is 6.98. The predicted octanol–water partition coefficient (Wildman–Crippen LogP) is 2.94. The van der Waals surface area contributed by atoms with Gasteiger partial charge in [0.05, 0.1) is 5.41 Å². The molecule has 0 aliphatic rings. The van der Waals surface area contributed by atoms with Crippen molar-refractivity contribution in [3.63, 3.8) is 0 Å². The van der Waals surface area contributed by atoms with Crippen LogP contribution in [0.1, 0.15) is 19.4 Å². The SMILES string of the molecule is CC(C)(C(=O)N=[N+]=[N-])c1cccc(F)c1. The van der Waals surface area contributed by atoms with Crippen LogP contribution < -0.4 is 0 Å². The molecule has 0 radical (unpaired) electrons. The molecule has 0 fully saturated rings. The van der Waals surface area contributed by atoms with E-state index in [0.717, 1.165) is 0 Å². The lowest BCUT2D eigenvalue weighted by Crippen LogP contribution is -2.27. The average Bonchev–Trinajstić information content (AvgIpc) is 2.18. The lowest BCUT2D eigenvalue weighted by Gasteiger charge is -2.20. The molecule has 0 bridgehead atoms. The van der Waals surface area contributed by atoms with Gasteiger partial charge in [0.15, 0.2) is 0 Å². The average molecular weight is 207 g/mol. The van der Waals surface area contributed by atoms with Crippen molar-refractivity contribution in [2.24, 2.45) is 5.11 Å². The van der Waals surface area contributed by atoms with E-state index in [9.17, 15) is 9.18 Å². The number of amides is 1. The van der Waals surface area contributed by atoms with Crippen molar-refractivity contribution < 1.29 is 9.18 Å². The van der Waals surface area contributed by atoms with Crippen molar-refractivity contribution in [1.82, 2.24) is 0 Å². The fourth-order valence-corrected chi connectivity index (χ4v) is 1.17. The summed E-state index contributed by atoms with van der Waals surface area (Å²) in [4.78, 5) is 13.9. The smallest absolute Gasteiger partial charge is 0.228 e. The fourth-order valence-electron chi connectivity index (χ4n) is 1.17. The molecular formula is C10H10FN3O. The third-order valence-electron chi connectivity index (χ3n) is 2.22. The van der Waals surface area contributed by atoms with E-state index in [-0.39, 0.29) is 0 Å². The maximum absolute atomic E-state index is 12.9. The zero-order valence-electron chi connectivity index (χ0n) is 8.44. The predicted molar refractivity (Wildman–Crippen MR) is 53.6 cm³/mol. The number of azide groups is 1. The summed E-state index contributed by atoms with van der Waals surface area (Å²) in [6.07, 6.45) is 0. The van der Waals surface area contributed by atoms with Gasteiger partial charge in [-0.1, -0.05) is 12.1 Å². The maximum atomic E-state index is 12.9. The fraction of sp³-hybridized carbons (Fsp3) is 0.300. The largest absolute Gasteiger partial charge is 0.292 e. The summed E-state index contributed by atoms with van der Waals surface area (Å²) in [6.45, 7) is 3.16. The normalized spacial score (nSPS) is 10.6. The van der Waals surface area contributed by atoms with Crippen LogP contribution in [-0.4, -0.2) is 5.91 Å². The molecule has 4 nitrogen and oxygen atoms in total. The van der Waals surface area contributed by atoms with Crippen molar-refractivity contribution in [2.45, 2.75) is 19.3 Å². The number of carbonyl (C=O) groups excluding carboxylic acids is 1. The molecule has 0 saturated carbocycles. The molecule has 0 atom stereocenters. The van der Waals surface area contributed by atoms with Gasteiger partial charge in [0, 0.05) is 4.91 Å². The first-order valence-corrected chi connectivity index (χ1v) is 4.34. The van der Waals surface area contributed by atoms with Crippen LogP contribution in [0.4, 0.5) is 4.39 Å². The van der Waals surface area contributed by atoms with Crippen molar-refractivity contribution >= 4 is 5.91 Å². The monoisotopic (exact) mass is 207 g/mol. The zero-order valence-corrected chi connectivity index (χ0v) is 8.44. The molecule has 1 aromatic carbocycles. The summed E-state index contributed by atoms with van der Waals surface area (Å²) in [5.41, 5.74) is 7.65. The molecule has 0 N–H and O–H groups in total. The van der Waals surface area contributed by atoms with Gasteiger partial charge in [0.1, 0.15) is 5.82 Å². The van der Waals surface area contributed by atoms with Crippen LogP contribution in [-0.2, 0) is 10.2 Å². The highest BCUT2D eigenvalue weighted by Crippen LogP contribution is 2.25. The van der Waals surface area contributed by atoms with Crippen LogP contribution in [0.2, 0.25) is 0 Å². The Kier molecular flexibility index (Phi) is 3.07. The Morgan fingerprint density at radius 1 is 1.53 bits per heavy atom. The Labute approximate surface area is 86.4 Å². The minimum absolute atomic E-state index is 0.422. The molecule has 1 aromatic rings. The number of nitrogens with zero attached hydrogens (tertiary/aromatic N) is 3. The summed E-state index contributed by atoms with van der Waals surface area (Å²) < 4.78 is 12.9. The summed E-state index contributed by atoms with van der Waals surface area (Å²) in [6, 6.07) is 5.67. The molecule has 0 aliphatic heterocycles. The molecule has 15 heavy (non-hydrogen) atoms. The van der Waals surface area contributed by atoms with Crippen molar-refractivity contribution in [3.05, 3.63) is 46.1 Å². The number of benzene rings is 1. The van der Waals surface area contributed by atoms with E-state index in [2.05, 4.69) is 10.0 Å². The van der Waals surface area contributed by atoms with E-state index in [4.69, 9.17) is 5.53 Å². The van der Waals surface area contributed by atoms with Gasteiger partial charge in [-0.3, -0.25) is 4.79 Å². The van der Waals surface area contributed by atoms with Crippen LogP contribution in [0.25, 0.3) is 10.4 Å². The molecule has 5 heteroatoms. The third kappa shape index (κ3) is 2.33. The summed E-state index contributed by atoms with van der Waals surface area (Å²) >= 11 is 0. The Hall–Kier alpha value is -1.87. The van der Waals surface area contributed by atoms with Gasteiger partial charge in [0.2, 0.25) is 5.91 Å². The molecule has 78 valence electrons. The highest BCUT2D eigenvalue weighted by molar-refractivity contribution is 5.87. The number of rotatable bonds is 2. The van der Waals surface area contributed by atoms with E-state index < -0.39 is 17.1 Å². The topological polar surface area (TPSA) is 65.8 Å². The van der Waals surface area contributed by atoms with E-state index in [0.29, 0.717) is 5.56 Å². The first-order valence-electron chi connectivity index (χ1n) is 4.34. The molecule has 1 rings (SSSR count). The number of halogens is 1. The van der Waals surface area contributed by atoms with Crippen LogP contribution in [0.15, 0.2) is 29.4 Å². The van der Waals surface area contributed by atoms with E-state index >= 15 is 0 Å². The second-order valence-corrected chi connectivity index (χ2v) is 3.63. The lowest BCUT2D eigenvalue weighted by molar-refractivity contribution is -0.122. The molecular weight excluding hydrogens is 197 g/mol. The van der Waals surface area contributed by atoms with Crippen molar-refractivity contribution in [1.29, 1.82) is 0 Å². The van der Waals surface area contributed by atoms with Gasteiger partial charge in [-0.25, -0.2) is 4.39 Å². The molecule has 0 heterocycles. The van der Waals surface area contributed by atoms with Crippen LogP contribution >= 0.6 is 0 Å². The minimum atomic E-state index is -1.01. The summed E-state index contributed by atoms with van der Waals surface area (Å²) in [5.74, 6) is -1.05. The van der Waals surface area contributed by atoms with Crippen LogP contribution in [0.5, 0.6) is 0 Å². The van der Waals surface area contributed by atoms with Crippen LogP contribution in [0, 0.1) is 5.82 Å². The molecule has 0 unspecified atom stereocenters. The summed E-state index contributed by atoms with van der Waals surface area (Å²) in [7, 11) is 0. The second-order valence-electron chi connectivity index (χ2n) is 3.63. The number of hydrogen-bond donors (Lipinski definition) is 0. The Balaban J connectivity index is 3.15. The van der Waals surface area contributed by atoms with E-state index in [1.54, 1.807) is 19.9 Å². The number of carbonyl (C=O) groups is 1. The van der Waals surface area contributed by atoms with Gasteiger partial charge in [0.25, 0.3) is 0 Å². The third-order valence-corrected chi connectivity index (χ3v) is 2.22. The highest BCUT2D eigenvalue weighted by atomic mass is 19.1. The second kappa shape index (κ2) is 4.11. The van der Waals surface area contributed by atoms with Crippen molar-refractivity contribution in [2.75, 3.05) is 0 Å². The molecule has 0 spiro atoms. The molecule has 1 amide bonds. The molecule has 0 aromatic heterocycles. The highest BCUT2D eigenvalue weighted by Gasteiger charge is 2.28. The standard InChI is InChI=1S/C10H10FN3O/c1-10(2,9(15)13-14-12)7-4-3-5-8(11)6-7/h3-6H,1-2H3. The van der Waals surface area contributed by atoms with Gasteiger partial charge in [-0.05, 0) is 42.2 Å². The van der Waals surface area contributed by atoms with E-state index in [1.807, 2.05) is 0 Å². The van der Waals surface area contributed by atoms with Gasteiger partial charge < -0.3 is 0 Å². The van der Waals surface area contributed by atoms with Gasteiger partial charge in [-0.2, -0.15) is 0 Å². The quantitative estimate of drug-likeness (QED) is 0.417. The zero-order chi connectivity index (χ0) is 11.5. The van der Waals surface area contributed by atoms with Crippen LogP contribution in [0.3, 0.4) is 0 Å². The van der Waals surface area contributed by atoms with Crippen molar-refractivity contribution in [3.8, 4) is 0 Å². The van der Waals surface area contributed by atoms with Gasteiger partial charge >= 0.3 is 0 Å². The Morgan fingerprint density at radius 3 is 2.73 bits per heavy atom. The number of hydrogen-bond acceptors (Lipinski definition) is 1. The first kappa shape index (κ1) is 11.2. The lowest BCUT2D eigenvalue weighted by atomic mass is 9.84. The van der Waals surface area contributed by atoms with E-state index in [1.165, 1.54) is 18.2 Å². The summed E-state index contributed by atoms with van der Waals surface area (Å²) in [5, 5.41) is 3.02. The van der Waals surface area contributed by atoms with Gasteiger partial charge in [-0.15, -0.1) is 0 Å². The molecule has 0 aliphatic carbocycles. The minimum Gasteiger partial charge on any atom is -0.292 e. The molecule has 0 saturated heterocycles. The Bertz CT molecular complexity index is 436. The Morgan fingerprint density at radius 2 is 2.20 bits per heavy atom.